The Morgan fingerprint density at radius 3 is 2.71 bits per heavy atom. The van der Waals surface area contributed by atoms with Gasteiger partial charge >= 0.3 is 0 Å². The van der Waals surface area contributed by atoms with Crippen LogP contribution >= 0.6 is 0 Å². The molecule has 2 aliphatic heterocycles. The smallest absolute Gasteiger partial charge is 0.231 e. The van der Waals surface area contributed by atoms with Gasteiger partial charge in [-0.05, 0) is 30.2 Å². The van der Waals surface area contributed by atoms with E-state index in [1.165, 1.54) is 12.0 Å². The van der Waals surface area contributed by atoms with Gasteiger partial charge in [-0.3, -0.25) is 4.90 Å². The molecule has 28 heavy (non-hydrogen) atoms. The highest BCUT2D eigenvalue weighted by Crippen LogP contribution is 2.33. The Bertz CT molecular complexity index is 792. The van der Waals surface area contributed by atoms with Gasteiger partial charge in [0.2, 0.25) is 12.7 Å². The molecule has 4 rings (SSSR count). The number of ether oxygens (including phenoxy) is 2. The van der Waals surface area contributed by atoms with Crippen molar-refractivity contribution in [1.82, 2.24) is 14.9 Å². The third-order valence-corrected chi connectivity index (χ3v) is 5.36. The van der Waals surface area contributed by atoms with Crippen molar-refractivity contribution in [3.05, 3.63) is 36.0 Å². The summed E-state index contributed by atoms with van der Waals surface area (Å²) in [6.45, 7) is 8.42. The monoisotopic (exact) mass is 383 g/mol. The van der Waals surface area contributed by atoms with E-state index in [0.717, 1.165) is 69.0 Å². The number of benzene rings is 1. The molecule has 0 bridgehead atoms. The Morgan fingerprint density at radius 2 is 1.89 bits per heavy atom. The van der Waals surface area contributed by atoms with Crippen LogP contribution in [0.25, 0.3) is 0 Å². The molecule has 0 amide bonds. The van der Waals surface area contributed by atoms with E-state index < -0.39 is 0 Å². The Morgan fingerprint density at radius 1 is 1.07 bits per heavy atom. The summed E-state index contributed by atoms with van der Waals surface area (Å²) >= 11 is 0. The molecule has 0 aliphatic carbocycles. The fourth-order valence-electron chi connectivity index (χ4n) is 3.63. The molecule has 7 heteroatoms. The van der Waals surface area contributed by atoms with E-state index in [-0.39, 0.29) is 0 Å². The van der Waals surface area contributed by atoms with Crippen LogP contribution in [0, 0.1) is 0 Å². The largest absolute Gasteiger partial charge is 0.454 e. The minimum Gasteiger partial charge on any atom is -0.454 e. The average molecular weight is 383 g/mol. The third-order valence-electron chi connectivity index (χ3n) is 5.36. The van der Waals surface area contributed by atoms with Crippen LogP contribution in [-0.4, -0.2) is 61.4 Å². The first kappa shape index (κ1) is 18.8. The molecule has 1 aromatic carbocycles. The lowest BCUT2D eigenvalue weighted by molar-refractivity contribution is 0.174. The van der Waals surface area contributed by atoms with E-state index in [0.29, 0.717) is 6.79 Å². The number of hydrogen-bond acceptors (Lipinski definition) is 7. The molecular weight excluding hydrogens is 354 g/mol. The van der Waals surface area contributed by atoms with Gasteiger partial charge in [0.1, 0.15) is 5.82 Å². The average Bonchev–Trinajstić information content (AvgIpc) is 3.20. The number of fused-ring (bicyclic) bond motifs is 1. The van der Waals surface area contributed by atoms with Crippen LogP contribution in [0.2, 0.25) is 0 Å². The van der Waals surface area contributed by atoms with Crippen LogP contribution in [0.1, 0.15) is 25.3 Å². The van der Waals surface area contributed by atoms with Gasteiger partial charge in [-0.15, -0.1) is 0 Å². The topological polar surface area (TPSA) is 54.0 Å². The van der Waals surface area contributed by atoms with E-state index in [1.54, 1.807) is 0 Å². The lowest BCUT2D eigenvalue weighted by Gasteiger charge is -2.35. The molecule has 7 nitrogen and oxygen atoms in total. The van der Waals surface area contributed by atoms with Gasteiger partial charge in [0.15, 0.2) is 11.5 Å². The van der Waals surface area contributed by atoms with E-state index in [9.17, 15) is 0 Å². The summed E-state index contributed by atoms with van der Waals surface area (Å²) < 4.78 is 10.9. The third kappa shape index (κ3) is 4.30. The molecule has 0 unspecified atom stereocenters. The predicted molar refractivity (Wildman–Crippen MR) is 110 cm³/mol. The Hall–Kier alpha value is -2.54. The number of unbranched alkanes of at least 4 members (excludes halogenated alkanes) is 1. The normalized spacial score (nSPS) is 16.4. The molecule has 0 radical (unpaired) electrons. The summed E-state index contributed by atoms with van der Waals surface area (Å²) in [4.78, 5) is 16.2. The summed E-state index contributed by atoms with van der Waals surface area (Å²) in [5.41, 5.74) is 1.26. The van der Waals surface area contributed by atoms with Crippen LogP contribution in [0.3, 0.4) is 0 Å². The van der Waals surface area contributed by atoms with Gasteiger partial charge in [-0.1, -0.05) is 19.4 Å². The molecular formula is C21H29N5O2. The molecule has 1 fully saturated rings. The summed E-state index contributed by atoms with van der Waals surface area (Å²) in [6.07, 6.45) is 4.21. The first-order valence-corrected chi connectivity index (χ1v) is 10.1. The minimum atomic E-state index is 0.325. The van der Waals surface area contributed by atoms with Gasteiger partial charge in [-0.2, -0.15) is 4.98 Å². The van der Waals surface area contributed by atoms with Crippen molar-refractivity contribution >= 4 is 11.8 Å². The van der Waals surface area contributed by atoms with Crippen LogP contribution in [0.5, 0.6) is 11.5 Å². The number of piperazine rings is 1. The van der Waals surface area contributed by atoms with Gasteiger partial charge in [0.05, 0.1) is 0 Å². The van der Waals surface area contributed by atoms with Crippen molar-refractivity contribution in [2.45, 2.75) is 26.3 Å². The lowest BCUT2D eigenvalue weighted by Crippen LogP contribution is -2.46. The second kappa shape index (κ2) is 8.65. The second-order valence-corrected chi connectivity index (χ2v) is 7.44. The van der Waals surface area contributed by atoms with E-state index in [1.807, 2.05) is 18.3 Å². The number of hydrogen-bond donors (Lipinski definition) is 0. The number of rotatable bonds is 7. The quantitative estimate of drug-likeness (QED) is 0.729. The summed E-state index contributed by atoms with van der Waals surface area (Å²) in [6, 6.07) is 8.25. The van der Waals surface area contributed by atoms with Crippen molar-refractivity contribution in [2.24, 2.45) is 0 Å². The van der Waals surface area contributed by atoms with Gasteiger partial charge < -0.3 is 19.3 Å². The molecule has 1 saturated heterocycles. The van der Waals surface area contributed by atoms with E-state index in [2.05, 4.69) is 45.8 Å². The summed E-state index contributed by atoms with van der Waals surface area (Å²) in [5.74, 6) is 3.54. The summed E-state index contributed by atoms with van der Waals surface area (Å²) in [5, 5.41) is 0. The highest BCUT2D eigenvalue weighted by Gasteiger charge is 2.20. The molecule has 0 atom stereocenters. The number of anilines is 2. The van der Waals surface area contributed by atoms with Gasteiger partial charge in [0, 0.05) is 52.5 Å². The molecule has 3 heterocycles. The van der Waals surface area contributed by atoms with E-state index in [4.69, 9.17) is 14.5 Å². The standard InChI is InChI=1S/C21H29N5O2/c1-3-4-9-24(2)21-22-8-7-20(23-21)26-12-10-25(11-13-26)15-17-5-6-18-19(14-17)28-16-27-18/h5-8,14H,3-4,9-13,15-16H2,1-2H3. The van der Waals surface area contributed by atoms with Crippen LogP contribution in [0.4, 0.5) is 11.8 Å². The van der Waals surface area contributed by atoms with Crippen LogP contribution < -0.4 is 19.3 Å². The van der Waals surface area contributed by atoms with Crippen LogP contribution in [-0.2, 0) is 6.54 Å². The predicted octanol–water partition coefficient (Wildman–Crippen LogP) is 2.76. The molecule has 0 spiro atoms. The lowest BCUT2D eigenvalue weighted by atomic mass is 10.1. The Balaban J connectivity index is 1.33. The Kier molecular flexibility index (Phi) is 5.81. The maximum absolute atomic E-state index is 5.49. The maximum Gasteiger partial charge on any atom is 0.231 e. The number of nitrogens with zero attached hydrogens (tertiary/aromatic N) is 5. The molecule has 2 aromatic rings. The highest BCUT2D eigenvalue weighted by molar-refractivity contribution is 5.45. The fourth-order valence-corrected chi connectivity index (χ4v) is 3.63. The summed E-state index contributed by atoms with van der Waals surface area (Å²) in [7, 11) is 2.07. The zero-order valence-electron chi connectivity index (χ0n) is 16.8. The first-order valence-electron chi connectivity index (χ1n) is 10.1. The minimum absolute atomic E-state index is 0.325. The first-order chi connectivity index (χ1) is 13.7. The zero-order chi connectivity index (χ0) is 19.3. The van der Waals surface area contributed by atoms with Crippen molar-refractivity contribution in [1.29, 1.82) is 0 Å². The van der Waals surface area contributed by atoms with Gasteiger partial charge in [-0.25, -0.2) is 4.98 Å². The molecule has 0 N–H and O–H groups in total. The molecule has 1 aromatic heterocycles. The van der Waals surface area contributed by atoms with Crippen molar-refractivity contribution in [2.75, 3.05) is 56.4 Å². The fraction of sp³-hybridized carbons (Fsp3) is 0.524. The molecule has 0 saturated carbocycles. The highest BCUT2D eigenvalue weighted by atomic mass is 16.7. The molecule has 150 valence electrons. The van der Waals surface area contributed by atoms with Crippen molar-refractivity contribution in [3.63, 3.8) is 0 Å². The zero-order valence-corrected chi connectivity index (χ0v) is 16.8. The van der Waals surface area contributed by atoms with E-state index >= 15 is 0 Å². The van der Waals surface area contributed by atoms with Crippen LogP contribution in [0.15, 0.2) is 30.5 Å². The molecule has 2 aliphatic rings. The number of aromatic nitrogens is 2. The maximum atomic E-state index is 5.49. The second-order valence-electron chi connectivity index (χ2n) is 7.44. The van der Waals surface area contributed by atoms with Crippen molar-refractivity contribution in [3.8, 4) is 11.5 Å². The van der Waals surface area contributed by atoms with Gasteiger partial charge in [0.25, 0.3) is 0 Å². The SMILES string of the molecule is CCCCN(C)c1nccc(N2CCN(Cc3ccc4c(c3)OCO4)CC2)n1. The van der Waals surface area contributed by atoms with Crippen molar-refractivity contribution < 1.29 is 9.47 Å². The Labute approximate surface area is 166 Å².